The van der Waals surface area contributed by atoms with Crippen LogP contribution in [0.3, 0.4) is 0 Å². The summed E-state index contributed by atoms with van der Waals surface area (Å²) in [6, 6.07) is 8.64. The van der Waals surface area contributed by atoms with E-state index in [2.05, 4.69) is 25.8 Å². The standard InChI is InChI=1S/C16H24N2O2/c1-6-19-14-9-7-13(8-10-14)18(5)15-17-16(3,4)11-12(2)20-15/h7-10,12H,6,11H2,1-5H3. The minimum atomic E-state index is -0.0769. The second kappa shape index (κ2) is 5.73. The Bertz CT molecular complexity index is 480. The average molecular weight is 276 g/mol. The number of hydrogen-bond donors (Lipinski definition) is 0. The van der Waals surface area contributed by atoms with Gasteiger partial charge in [-0.25, -0.2) is 4.99 Å². The zero-order chi connectivity index (χ0) is 14.8. The van der Waals surface area contributed by atoms with Crippen LogP contribution >= 0.6 is 0 Å². The van der Waals surface area contributed by atoms with Crippen LogP contribution in [0.4, 0.5) is 5.69 Å². The summed E-state index contributed by atoms with van der Waals surface area (Å²) in [6.45, 7) is 9.02. The molecule has 0 saturated heterocycles. The van der Waals surface area contributed by atoms with Gasteiger partial charge < -0.3 is 9.47 Å². The van der Waals surface area contributed by atoms with Crippen LogP contribution in [0.1, 0.15) is 34.1 Å². The Hall–Kier alpha value is -1.71. The Labute approximate surface area is 121 Å². The zero-order valence-electron chi connectivity index (χ0n) is 13.0. The van der Waals surface area contributed by atoms with Gasteiger partial charge in [-0.05, 0) is 52.0 Å². The Morgan fingerprint density at radius 1 is 1.35 bits per heavy atom. The van der Waals surface area contributed by atoms with Gasteiger partial charge in [-0.3, -0.25) is 4.90 Å². The fourth-order valence-electron chi connectivity index (χ4n) is 2.45. The van der Waals surface area contributed by atoms with Crippen LogP contribution in [0.5, 0.6) is 5.75 Å². The van der Waals surface area contributed by atoms with E-state index in [4.69, 9.17) is 9.47 Å². The molecule has 0 N–H and O–H groups in total. The lowest BCUT2D eigenvalue weighted by molar-refractivity contribution is 0.141. The first-order valence-corrected chi connectivity index (χ1v) is 7.14. The third-order valence-corrected chi connectivity index (χ3v) is 3.31. The van der Waals surface area contributed by atoms with Gasteiger partial charge >= 0.3 is 0 Å². The van der Waals surface area contributed by atoms with E-state index in [1.165, 1.54) is 0 Å². The number of amidine groups is 1. The molecule has 1 heterocycles. The zero-order valence-corrected chi connectivity index (χ0v) is 13.0. The first-order valence-electron chi connectivity index (χ1n) is 7.14. The fraction of sp³-hybridized carbons (Fsp3) is 0.562. The van der Waals surface area contributed by atoms with Crippen LogP contribution in [0.15, 0.2) is 29.3 Å². The lowest BCUT2D eigenvalue weighted by atomic mass is 9.97. The summed E-state index contributed by atoms with van der Waals surface area (Å²) in [5.74, 6) is 0.879. The lowest BCUT2D eigenvalue weighted by Crippen LogP contribution is -2.41. The SMILES string of the molecule is CCOc1ccc(N(C)C2=NC(C)(C)CC(C)O2)cc1. The van der Waals surface area contributed by atoms with Crippen LogP contribution in [0, 0.1) is 0 Å². The van der Waals surface area contributed by atoms with Crippen molar-refractivity contribution in [3.8, 4) is 5.75 Å². The summed E-state index contributed by atoms with van der Waals surface area (Å²) < 4.78 is 11.3. The first-order chi connectivity index (χ1) is 9.41. The maximum Gasteiger partial charge on any atom is 0.292 e. The molecule has 1 aromatic rings. The topological polar surface area (TPSA) is 34.1 Å². The molecule has 0 aliphatic carbocycles. The largest absolute Gasteiger partial charge is 0.494 e. The molecule has 2 rings (SSSR count). The fourth-order valence-corrected chi connectivity index (χ4v) is 2.45. The van der Waals surface area contributed by atoms with Crippen molar-refractivity contribution in [1.82, 2.24) is 0 Å². The maximum atomic E-state index is 5.86. The van der Waals surface area contributed by atoms with Crippen molar-refractivity contribution in [2.75, 3.05) is 18.6 Å². The predicted molar refractivity (Wildman–Crippen MR) is 82.7 cm³/mol. The highest BCUT2D eigenvalue weighted by Crippen LogP contribution is 2.27. The number of aliphatic imine (C=N–C) groups is 1. The van der Waals surface area contributed by atoms with Gasteiger partial charge in [0.25, 0.3) is 6.02 Å². The lowest BCUT2D eigenvalue weighted by Gasteiger charge is -2.34. The van der Waals surface area contributed by atoms with E-state index in [9.17, 15) is 0 Å². The van der Waals surface area contributed by atoms with Gasteiger partial charge in [-0.2, -0.15) is 0 Å². The van der Waals surface area contributed by atoms with E-state index in [-0.39, 0.29) is 11.6 Å². The second-order valence-electron chi connectivity index (χ2n) is 5.83. The minimum absolute atomic E-state index is 0.0769. The number of rotatable bonds is 3. The third kappa shape index (κ3) is 3.44. The smallest absolute Gasteiger partial charge is 0.292 e. The number of hydrogen-bond acceptors (Lipinski definition) is 4. The summed E-state index contributed by atoms with van der Waals surface area (Å²) >= 11 is 0. The maximum absolute atomic E-state index is 5.86. The molecule has 0 saturated carbocycles. The Kier molecular flexibility index (Phi) is 4.21. The molecule has 1 aromatic carbocycles. The normalized spacial score (nSPS) is 20.9. The predicted octanol–water partition coefficient (Wildman–Crippen LogP) is 3.46. The molecule has 110 valence electrons. The van der Waals surface area contributed by atoms with Crippen molar-refractivity contribution >= 4 is 11.7 Å². The van der Waals surface area contributed by atoms with Crippen LogP contribution < -0.4 is 9.64 Å². The Morgan fingerprint density at radius 3 is 2.55 bits per heavy atom. The molecule has 0 aromatic heterocycles. The van der Waals surface area contributed by atoms with Gasteiger partial charge in [-0.1, -0.05) is 0 Å². The molecule has 4 heteroatoms. The summed E-state index contributed by atoms with van der Waals surface area (Å²) in [5.41, 5.74) is 0.962. The Morgan fingerprint density at radius 2 is 2.00 bits per heavy atom. The molecule has 1 aliphatic heterocycles. The van der Waals surface area contributed by atoms with E-state index in [0.29, 0.717) is 12.6 Å². The highest BCUT2D eigenvalue weighted by atomic mass is 16.5. The summed E-state index contributed by atoms with van der Waals surface area (Å²) in [4.78, 5) is 6.67. The monoisotopic (exact) mass is 276 g/mol. The van der Waals surface area contributed by atoms with Gasteiger partial charge in [0.1, 0.15) is 11.9 Å². The number of anilines is 1. The molecule has 20 heavy (non-hydrogen) atoms. The number of benzene rings is 1. The quantitative estimate of drug-likeness (QED) is 0.847. The Balaban J connectivity index is 2.18. The number of ether oxygens (including phenoxy) is 2. The number of nitrogens with zero attached hydrogens (tertiary/aromatic N) is 2. The second-order valence-corrected chi connectivity index (χ2v) is 5.83. The van der Waals surface area contributed by atoms with Crippen molar-refractivity contribution < 1.29 is 9.47 Å². The molecular weight excluding hydrogens is 252 g/mol. The molecule has 4 nitrogen and oxygen atoms in total. The van der Waals surface area contributed by atoms with Crippen molar-refractivity contribution in [3.05, 3.63) is 24.3 Å². The molecule has 1 unspecified atom stereocenters. The van der Waals surface area contributed by atoms with Gasteiger partial charge in [0, 0.05) is 19.2 Å². The van der Waals surface area contributed by atoms with E-state index in [1.54, 1.807) is 0 Å². The van der Waals surface area contributed by atoms with Crippen LogP contribution in [0.2, 0.25) is 0 Å². The highest BCUT2D eigenvalue weighted by molar-refractivity contribution is 5.92. The molecule has 0 spiro atoms. The van der Waals surface area contributed by atoms with Crippen molar-refractivity contribution in [3.63, 3.8) is 0 Å². The molecule has 0 radical (unpaired) electrons. The van der Waals surface area contributed by atoms with Crippen molar-refractivity contribution in [2.24, 2.45) is 4.99 Å². The summed E-state index contributed by atoms with van der Waals surface area (Å²) in [5, 5.41) is 0. The molecule has 0 fully saturated rings. The van der Waals surface area contributed by atoms with Gasteiger partial charge in [0.05, 0.1) is 12.1 Å². The van der Waals surface area contributed by atoms with E-state index in [1.807, 2.05) is 43.1 Å². The van der Waals surface area contributed by atoms with Gasteiger partial charge in [0.2, 0.25) is 0 Å². The minimum Gasteiger partial charge on any atom is -0.494 e. The first kappa shape index (κ1) is 14.7. The van der Waals surface area contributed by atoms with Crippen molar-refractivity contribution in [2.45, 2.75) is 45.8 Å². The highest BCUT2D eigenvalue weighted by Gasteiger charge is 2.30. The molecule has 1 aliphatic rings. The van der Waals surface area contributed by atoms with Gasteiger partial charge in [0.15, 0.2) is 0 Å². The van der Waals surface area contributed by atoms with Gasteiger partial charge in [-0.15, -0.1) is 0 Å². The van der Waals surface area contributed by atoms with E-state index >= 15 is 0 Å². The van der Waals surface area contributed by atoms with E-state index in [0.717, 1.165) is 17.9 Å². The van der Waals surface area contributed by atoms with Crippen LogP contribution in [-0.4, -0.2) is 31.3 Å². The molecule has 0 amide bonds. The van der Waals surface area contributed by atoms with Crippen LogP contribution in [0.25, 0.3) is 0 Å². The molecular formula is C16H24N2O2. The van der Waals surface area contributed by atoms with Crippen LogP contribution in [-0.2, 0) is 4.74 Å². The van der Waals surface area contributed by atoms with Crippen molar-refractivity contribution in [1.29, 1.82) is 0 Å². The average Bonchev–Trinajstić information content (AvgIpc) is 2.37. The summed E-state index contributed by atoms with van der Waals surface area (Å²) in [7, 11) is 1.97. The molecule has 0 bridgehead atoms. The summed E-state index contributed by atoms with van der Waals surface area (Å²) in [6.07, 6.45) is 1.12. The van der Waals surface area contributed by atoms with E-state index < -0.39 is 0 Å². The third-order valence-electron chi connectivity index (χ3n) is 3.31. The molecule has 1 atom stereocenters.